The Labute approximate surface area is 103 Å². The van der Waals surface area contributed by atoms with Crippen molar-refractivity contribution in [3.05, 3.63) is 12.7 Å². The number of amides is 1. The third kappa shape index (κ3) is 9.72. The highest BCUT2D eigenvalue weighted by Gasteiger charge is 1.98. The number of hydrogen-bond donors (Lipinski definition) is 1. The zero-order valence-electron chi connectivity index (χ0n) is 9.06. The zero-order valence-corrected chi connectivity index (χ0v) is 10.7. The summed E-state index contributed by atoms with van der Waals surface area (Å²) in [6.07, 6.45) is 0.708. The van der Waals surface area contributed by atoms with Crippen molar-refractivity contribution in [2.45, 2.75) is 0 Å². The van der Waals surface area contributed by atoms with Crippen molar-refractivity contribution in [1.29, 1.82) is 0 Å². The van der Waals surface area contributed by atoms with Crippen LogP contribution < -0.4 is 5.32 Å². The number of alkyl carbamates (subject to hydrolysis) is 1. The van der Waals surface area contributed by atoms with E-state index in [2.05, 4.69) is 11.9 Å². The summed E-state index contributed by atoms with van der Waals surface area (Å²) in [4.78, 5) is 21.3. The van der Waals surface area contributed by atoms with Crippen LogP contribution in [0.15, 0.2) is 12.7 Å². The van der Waals surface area contributed by atoms with E-state index in [-0.39, 0.29) is 0 Å². The number of rotatable bonds is 8. The van der Waals surface area contributed by atoms with Gasteiger partial charge in [0.05, 0.1) is 0 Å². The Morgan fingerprint density at radius 1 is 1.25 bits per heavy atom. The Morgan fingerprint density at radius 2 is 1.81 bits per heavy atom. The molecule has 7 heteroatoms. The molecule has 0 spiro atoms. The normalized spacial score (nSPS) is 9.31. The second-order valence-electron chi connectivity index (χ2n) is 2.40. The van der Waals surface area contributed by atoms with Crippen molar-refractivity contribution < 1.29 is 19.1 Å². The van der Waals surface area contributed by atoms with E-state index in [0.29, 0.717) is 24.7 Å². The number of esters is 1. The molecule has 0 heterocycles. The number of hydrogen-bond acceptors (Lipinski definition) is 6. The molecule has 0 bridgehead atoms. The van der Waals surface area contributed by atoms with E-state index < -0.39 is 12.1 Å². The largest absolute Gasteiger partial charge is 0.462 e. The highest BCUT2D eigenvalue weighted by molar-refractivity contribution is 8.76. The highest BCUT2D eigenvalue weighted by Crippen LogP contribution is 2.20. The van der Waals surface area contributed by atoms with E-state index in [1.165, 1.54) is 7.05 Å². The first-order chi connectivity index (χ1) is 7.70. The molecule has 92 valence electrons. The molecule has 1 amide bonds. The maximum atomic E-state index is 10.6. The highest BCUT2D eigenvalue weighted by atomic mass is 33.1. The van der Waals surface area contributed by atoms with Crippen LogP contribution in [0.3, 0.4) is 0 Å². The van der Waals surface area contributed by atoms with Gasteiger partial charge in [0.25, 0.3) is 0 Å². The van der Waals surface area contributed by atoms with Gasteiger partial charge < -0.3 is 14.8 Å². The van der Waals surface area contributed by atoms with Crippen molar-refractivity contribution in [2.24, 2.45) is 0 Å². The number of carbonyl (C=O) groups is 2. The lowest BCUT2D eigenvalue weighted by Crippen LogP contribution is -2.20. The van der Waals surface area contributed by atoms with Crippen molar-refractivity contribution >= 4 is 33.7 Å². The van der Waals surface area contributed by atoms with E-state index in [1.807, 2.05) is 0 Å². The monoisotopic (exact) mass is 265 g/mol. The second-order valence-corrected chi connectivity index (χ2v) is 5.10. The Morgan fingerprint density at radius 3 is 2.31 bits per heavy atom. The van der Waals surface area contributed by atoms with E-state index in [1.54, 1.807) is 21.6 Å². The van der Waals surface area contributed by atoms with Gasteiger partial charge in [-0.2, -0.15) is 0 Å². The van der Waals surface area contributed by atoms with Gasteiger partial charge in [-0.1, -0.05) is 28.2 Å². The summed E-state index contributed by atoms with van der Waals surface area (Å²) in [7, 11) is 4.63. The molecule has 0 aromatic carbocycles. The summed E-state index contributed by atoms with van der Waals surface area (Å²) in [5.41, 5.74) is 0. The lowest BCUT2D eigenvalue weighted by molar-refractivity contribution is -0.137. The molecule has 0 radical (unpaired) electrons. The minimum absolute atomic E-state index is 0.360. The molecule has 0 fully saturated rings. The predicted molar refractivity (Wildman–Crippen MR) is 66.5 cm³/mol. The Hall–Kier alpha value is -0.820. The standard InChI is InChI=1S/C9H15NO4S2/c1-3-8(11)13-4-6-15-16-7-5-14-9(12)10-2/h3H,1,4-7H2,2H3,(H,10,12). The first-order valence-corrected chi connectivity index (χ1v) is 7.07. The molecule has 0 unspecified atom stereocenters. The molecule has 0 aromatic heterocycles. The molecule has 0 saturated heterocycles. The van der Waals surface area contributed by atoms with Gasteiger partial charge in [-0.25, -0.2) is 9.59 Å². The Bertz CT molecular complexity index is 236. The molecule has 0 aliphatic heterocycles. The topological polar surface area (TPSA) is 64.6 Å². The van der Waals surface area contributed by atoms with Gasteiger partial charge in [0.2, 0.25) is 0 Å². The van der Waals surface area contributed by atoms with E-state index >= 15 is 0 Å². The fraction of sp³-hybridized carbons (Fsp3) is 0.556. The summed E-state index contributed by atoms with van der Waals surface area (Å²) in [5.74, 6) is 0.992. The lowest BCUT2D eigenvalue weighted by Gasteiger charge is -2.03. The fourth-order valence-corrected chi connectivity index (χ4v) is 2.25. The quantitative estimate of drug-likeness (QED) is 0.310. The van der Waals surface area contributed by atoms with Gasteiger partial charge in [-0.15, -0.1) is 0 Å². The number of ether oxygens (including phenoxy) is 2. The molecule has 16 heavy (non-hydrogen) atoms. The smallest absolute Gasteiger partial charge is 0.406 e. The van der Waals surface area contributed by atoms with Gasteiger partial charge >= 0.3 is 12.1 Å². The summed E-state index contributed by atoms with van der Waals surface area (Å²) in [5, 5.41) is 2.35. The molecule has 0 atom stereocenters. The molecular formula is C9H15NO4S2. The van der Waals surface area contributed by atoms with Crippen LogP contribution in [0.5, 0.6) is 0 Å². The lowest BCUT2D eigenvalue weighted by atomic mass is 10.6. The summed E-state index contributed by atoms with van der Waals surface area (Å²) >= 11 is 0. The first kappa shape index (κ1) is 15.2. The van der Waals surface area contributed by atoms with Crippen LogP contribution >= 0.6 is 21.6 Å². The molecule has 0 rings (SSSR count). The first-order valence-electron chi connectivity index (χ1n) is 4.58. The van der Waals surface area contributed by atoms with Gasteiger partial charge in [-0.3, -0.25) is 0 Å². The third-order valence-electron chi connectivity index (χ3n) is 1.26. The average molecular weight is 265 g/mol. The van der Waals surface area contributed by atoms with Gasteiger partial charge in [0.15, 0.2) is 0 Å². The van der Waals surface area contributed by atoms with Crippen LogP contribution in [0, 0.1) is 0 Å². The van der Waals surface area contributed by atoms with Crippen molar-refractivity contribution in [3.63, 3.8) is 0 Å². The van der Waals surface area contributed by atoms with Crippen LogP contribution in [0.2, 0.25) is 0 Å². The molecule has 1 N–H and O–H groups in total. The van der Waals surface area contributed by atoms with Crippen LogP contribution in [0.25, 0.3) is 0 Å². The average Bonchev–Trinajstić information content (AvgIpc) is 2.31. The number of nitrogens with one attached hydrogen (secondary N) is 1. The maximum absolute atomic E-state index is 10.6. The molecule has 5 nitrogen and oxygen atoms in total. The van der Waals surface area contributed by atoms with E-state index in [4.69, 9.17) is 9.47 Å². The molecular weight excluding hydrogens is 250 g/mol. The summed E-state index contributed by atoms with van der Waals surface area (Å²) < 4.78 is 9.54. The molecule has 0 aliphatic rings. The molecule has 0 aliphatic carbocycles. The SMILES string of the molecule is C=CC(=O)OCCSSCCOC(=O)NC. The number of carbonyl (C=O) groups excluding carboxylic acids is 2. The maximum Gasteiger partial charge on any atom is 0.406 e. The van der Waals surface area contributed by atoms with Crippen LogP contribution in [0.4, 0.5) is 4.79 Å². The molecule has 0 aromatic rings. The second kappa shape index (κ2) is 10.7. The minimum Gasteiger partial charge on any atom is -0.462 e. The predicted octanol–water partition coefficient (Wildman–Crippen LogP) is 1.45. The van der Waals surface area contributed by atoms with Crippen LogP contribution in [-0.2, 0) is 14.3 Å². The van der Waals surface area contributed by atoms with Crippen LogP contribution in [0.1, 0.15) is 0 Å². The summed E-state index contributed by atoms with van der Waals surface area (Å²) in [6, 6.07) is 0. The fourth-order valence-electron chi connectivity index (χ4n) is 0.594. The minimum atomic E-state index is -0.425. The Kier molecular flexibility index (Phi) is 10.1. The van der Waals surface area contributed by atoms with E-state index in [0.717, 1.165) is 6.08 Å². The van der Waals surface area contributed by atoms with Gasteiger partial charge in [-0.05, 0) is 0 Å². The van der Waals surface area contributed by atoms with E-state index in [9.17, 15) is 9.59 Å². The zero-order chi connectivity index (χ0) is 12.2. The van der Waals surface area contributed by atoms with Crippen molar-refractivity contribution in [1.82, 2.24) is 5.32 Å². The van der Waals surface area contributed by atoms with Gasteiger partial charge in [0.1, 0.15) is 13.2 Å². The van der Waals surface area contributed by atoms with Crippen LogP contribution in [-0.4, -0.2) is 43.8 Å². The van der Waals surface area contributed by atoms with Crippen molar-refractivity contribution in [2.75, 3.05) is 31.8 Å². The Balaban J connectivity index is 3.13. The molecule has 0 saturated carbocycles. The third-order valence-corrected chi connectivity index (χ3v) is 3.60. The summed E-state index contributed by atoms with van der Waals surface area (Å²) in [6.45, 7) is 4.01. The van der Waals surface area contributed by atoms with Crippen molar-refractivity contribution in [3.8, 4) is 0 Å². The van der Waals surface area contributed by atoms with Gasteiger partial charge in [0, 0.05) is 24.6 Å².